The van der Waals surface area contributed by atoms with E-state index in [9.17, 15) is 0 Å². The fourth-order valence-electron chi connectivity index (χ4n) is 1.29. The van der Waals surface area contributed by atoms with Gasteiger partial charge in [-0.2, -0.15) is 0 Å². The highest BCUT2D eigenvalue weighted by atomic mass is 79.9. The maximum atomic E-state index is 6.10. The number of rotatable bonds is 5. The van der Waals surface area contributed by atoms with Crippen LogP contribution < -0.4 is 11.1 Å². The summed E-state index contributed by atoms with van der Waals surface area (Å²) in [4.78, 5) is 0. The average Bonchev–Trinajstić information content (AvgIpc) is 3.05. The van der Waals surface area contributed by atoms with Gasteiger partial charge in [0, 0.05) is 11.0 Å². The lowest BCUT2D eigenvalue weighted by Gasteiger charge is -2.11. The lowest BCUT2D eigenvalue weighted by atomic mass is 10.2. The second-order valence-electron chi connectivity index (χ2n) is 4.00. The fraction of sp³-hybridized carbons (Fsp3) is 0.500. The van der Waals surface area contributed by atoms with Crippen molar-refractivity contribution in [2.45, 2.75) is 26.7 Å². The molecular weight excluding hydrogens is 288 g/mol. The zero-order chi connectivity index (χ0) is 12.1. The Morgan fingerprint density at radius 2 is 2.19 bits per heavy atom. The minimum atomic E-state index is 0.566. The van der Waals surface area contributed by atoms with Crippen molar-refractivity contribution in [1.29, 1.82) is 0 Å². The highest BCUT2D eigenvalue weighted by Crippen LogP contribution is 2.28. The highest BCUT2D eigenvalue weighted by molar-refractivity contribution is 9.11. The zero-order valence-electron chi connectivity index (χ0n) is 9.69. The van der Waals surface area contributed by atoms with Crippen molar-refractivity contribution < 1.29 is 0 Å². The SMILES string of the molecule is C\C=C/C(NCC1CC1)=C(N)\C(Cl)=C(/C)Br. The van der Waals surface area contributed by atoms with Gasteiger partial charge in [-0.25, -0.2) is 0 Å². The highest BCUT2D eigenvalue weighted by Gasteiger charge is 2.21. The van der Waals surface area contributed by atoms with Gasteiger partial charge in [0.1, 0.15) is 0 Å². The third kappa shape index (κ3) is 4.22. The van der Waals surface area contributed by atoms with Gasteiger partial charge in [0.05, 0.1) is 16.4 Å². The van der Waals surface area contributed by atoms with Crippen molar-refractivity contribution in [1.82, 2.24) is 5.32 Å². The van der Waals surface area contributed by atoms with Gasteiger partial charge in [-0.3, -0.25) is 0 Å². The molecule has 1 aliphatic rings. The van der Waals surface area contributed by atoms with Crippen LogP contribution in [0.2, 0.25) is 0 Å². The number of nitrogens with one attached hydrogen (secondary N) is 1. The van der Waals surface area contributed by atoms with Gasteiger partial charge in [0.2, 0.25) is 0 Å². The van der Waals surface area contributed by atoms with Crippen LogP contribution in [0.4, 0.5) is 0 Å². The van der Waals surface area contributed by atoms with E-state index >= 15 is 0 Å². The predicted octanol–water partition coefficient (Wildman–Crippen LogP) is 3.60. The van der Waals surface area contributed by atoms with Crippen molar-refractivity contribution >= 4 is 27.5 Å². The van der Waals surface area contributed by atoms with E-state index in [1.54, 1.807) is 0 Å². The molecular formula is C12H18BrClN2. The van der Waals surface area contributed by atoms with Crippen LogP contribution in [0, 0.1) is 5.92 Å². The first-order valence-corrected chi connectivity index (χ1v) is 6.62. The number of nitrogens with two attached hydrogens (primary N) is 1. The zero-order valence-corrected chi connectivity index (χ0v) is 12.0. The van der Waals surface area contributed by atoms with Gasteiger partial charge in [-0.15, -0.1) is 0 Å². The smallest absolute Gasteiger partial charge is 0.0754 e. The number of halogens is 2. The van der Waals surface area contributed by atoms with Gasteiger partial charge in [0.15, 0.2) is 0 Å². The van der Waals surface area contributed by atoms with Crippen LogP contribution in [-0.2, 0) is 0 Å². The summed E-state index contributed by atoms with van der Waals surface area (Å²) in [6.45, 7) is 4.82. The average molecular weight is 306 g/mol. The summed E-state index contributed by atoms with van der Waals surface area (Å²) in [7, 11) is 0. The molecule has 0 heterocycles. The molecule has 0 aromatic carbocycles. The Labute approximate surface area is 111 Å². The van der Waals surface area contributed by atoms with Crippen LogP contribution in [0.3, 0.4) is 0 Å². The molecule has 0 aliphatic heterocycles. The molecule has 0 spiro atoms. The molecule has 0 unspecified atom stereocenters. The molecule has 0 amide bonds. The first kappa shape index (κ1) is 13.7. The minimum Gasteiger partial charge on any atom is -0.396 e. The maximum Gasteiger partial charge on any atom is 0.0754 e. The Morgan fingerprint density at radius 1 is 1.56 bits per heavy atom. The summed E-state index contributed by atoms with van der Waals surface area (Å²) in [6.07, 6.45) is 6.54. The summed E-state index contributed by atoms with van der Waals surface area (Å²) in [5.74, 6) is 0.806. The second-order valence-corrected chi connectivity index (χ2v) is 5.57. The van der Waals surface area contributed by atoms with Crippen LogP contribution in [0.1, 0.15) is 26.7 Å². The van der Waals surface area contributed by atoms with Gasteiger partial charge < -0.3 is 11.1 Å². The Morgan fingerprint density at radius 3 is 2.62 bits per heavy atom. The van der Waals surface area contributed by atoms with Crippen molar-refractivity contribution in [3.63, 3.8) is 0 Å². The van der Waals surface area contributed by atoms with Crippen molar-refractivity contribution in [2.24, 2.45) is 11.7 Å². The third-order valence-electron chi connectivity index (χ3n) is 2.44. The number of hydrogen-bond donors (Lipinski definition) is 2. The van der Waals surface area contributed by atoms with E-state index in [-0.39, 0.29) is 0 Å². The van der Waals surface area contributed by atoms with Crippen molar-refractivity contribution in [3.05, 3.63) is 33.1 Å². The normalized spacial score (nSPS) is 19.5. The Balaban J connectivity index is 2.79. The fourth-order valence-corrected chi connectivity index (χ4v) is 1.61. The summed E-state index contributed by atoms with van der Waals surface area (Å²) in [5, 5.41) is 3.91. The molecule has 1 fully saturated rings. The Hall–Kier alpha value is -0.410. The molecule has 0 saturated heterocycles. The first-order chi connectivity index (χ1) is 7.56. The summed E-state index contributed by atoms with van der Waals surface area (Å²) in [5.41, 5.74) is 7.49. The molecule has 1 saturated carbocycles. The summed E-state index contributed by atoms with van der Waals surface area (Å²) < 4.78 is 0.849. The molecule has 90 valence electrons. The predicted molar refractivity (Wildman–Crippen MR) is 74.2 cm³/mol. The molecule has 16 heavy (non-hydrogen) atoms. The van der Waals surface area contributed by atoms with Crippen LogP contribution in [-0.4, -0.2) is 6.54 Å². The van der Waals surface area contributed by atoms with Gasteiger partial charge >= 0.3 is 0 Å². The van der Waals surface area contributed by atoms with E-state index in [1.807, 2.05) is 26.0 Å². The van der Waals surface area contributed by atoms with E-state index in [4.69, 9.17) is 17.3 Å². The number of hydrogen-bond acceptors (Lipinski definition) is 2. The molecule has 0 aromatic rings. The molecule has 3 N–H and O–H groups in total. The van der Waals surface area contributed by atoms with Crippen molar-refractivity contribution in [2.75, 3.05) is 6.54 Å². The molecule has 0 radical (unpaired) electrons. The maximum absolute atomic E-state index is 6.10. The van der Waals surface area contributed by atoms with Crippen LogP contribution in [0.5, 0.6) is 0 Å². The third-order valence-corrected chi connectivity index (χ3v) is 3.55. The van der Waals surface area contributed by atoms with Gasteiger partial charge in [0.25, 0.3) is 0 Å². The Kier molecular flexibility index (Phi) is 5.42. The first-order valence-electron chi connectivity index (χ1n) is 5.44. The van der Waals surface area contributed by atoms with Crippen LogP contribution in [0.15, 0.2) is 33.1 Å². The molecule has 1 rings (SSSR count). The minimum absolute atomic E-state index is 0.566. The topological polar surface area (TPSA) is 38.0 Å². The van der Waals surface area contributed by atoms with Gasteiger partial charge in [-0.05, 0) is 38.7 Å². The largest absolute Gasteiger partial charge is 0.396 e. The van der Waals surface area contributed by atoms with E-state index in [0.29, 0.717) is 10.7 Å². The second kappa shape index (κ2) is 6.36. The molecule has 0 aromatic heterocycles. The molecule has 1 aliphatic carbocycles. The molecule has 4 heteroatoms. The van der Waals surface area contributed by atoms with Crippen LogP contribution >= 0.6 is 27.5 Å². The van der Waals surface area contributed by atoms with E-state index in [1.165, 1.54) is 12.8 Å². The monoisotopic (exact) mass is 304 g/mol. The molecule has 2 nitrogen and oxygen atoms in total. The van der Waals surface area contributed by atoms with E-state index in [0.717, 1.165) is 22.6 Å². The summed E-state index contributed by atoms with van der Waals surface area (Å²) >= 11 is 9.44. The quantitative estimate of drug-likeness (QED) is 0.762. The van der Waals surface area contributed by atoms with E-state index in [2.05, 4.69) is 21.2 Å². The lowest BCUT2D eigenvalue weighted by Crippen LogP contribution is -2.20. The summed E-state index contributed by atoms with van der Waals surface area (Å²) in [6, 6.07) is 0. The molecule has 0 bridgehead atoms. The standard InChI is InChI=1S/C12H18BrClN2/c1-3-4-10(16-7-9-5-6-9)12(15)11(14)8(2)13/h3-4,9,16H,5-7,15H2,1-2H3/b4-3-,11-8-,12-10-. The van der Waals surface area contributed by atoms with Gasteiger partial charge in [-0.1, -0.05) is 33.6 Å². The lowest BCUT2D eigenvalue weighted by molar-refractivity contribution is 0.723. The van der Waals surface area contributed by atoms with Crippen LogP contribution in [0.25, 0.3) is 0 Å². The molecule has 0 atom stereocenters. The van der Waals surface area contributed by atoms with E-state index < -0.39 is 0 Å². The number of allylic oxidation sites excluding steroid dienone is 4. The Bertz CT molecular complexity index is 337. The van der Waals surface area contributed by atoms with Crippen molar-refractivity contribution in [3.8, 4) is 0 Å².